The summed E-state index contributed by atoms with van der Waals surface area (Å²) in [5.41, 5.74) is 0.949. The summed E-state index contributed by atoms with van der Waals surface area (Å²) in [4.78, 5) is 24.6. The molecule has 0 aliphatic heterocycles. The minimum atomic E-state index is -2.34. The molecule has 1 aromatic carbocycles. The summed E-state index contributed by atoms with van der Waals surface area (Å²) in [6.07, 6.45) is 0.0345. The summed E-state index contributed by atoms with van der Waals surface area (Å²) in [6.45, 7) is 0. The fourth-order valence-electron chi connectivity index (χ4n) is 1.95. The van der Waals surface area contributed by atoms with Gasteiger partial charge in [0.05, 0.1) is 0 Å². The Balaban J connectivity index is 2.51. The monoisotopic (exact) mass is 321 g/mol. The first-order chi connectivity index (χ1) is 9.19. The minimum absolute atomic E-state index is 0.0345. The molecule has 1 aromatic rings. The summed E-state index contributed by atoms with van der Waals surface area (Å²) >= 11 is 4.66. The standard InChI is InChI=1S/C12H11ClO3Se/c1-16-11(15)12(17-2)6-7-5-8(13)3-4-9(7)10(12)14/h3-5H,6H2,1-2H3/i2D3. The van der Waals surface area contributed by atoms with Crippen molar-refractivity contribution in [2.24, 2.45) is 0 Å². The molecule has 1 atom stereocenters. The van der Waals surface area contributed by atoms with Gasteiger partial charge in [-0.2, -0.15) is 0 Å². The van der Waals surface area contributed by atoms with Crippen LogP contribution in [0.1, 0.15) is 20.0 Å². The van der Waals surface area contributed by atoms with Crippen molar-refractivity contribution in [2.45, 2.75) is 16.5 Å². The summed E-state index contributed by atoms with van der Waals surface area (Å²) < 4.78 is 25.3. The third-order valence-corrected chi connectivity index (χ3v) is 4.82. The van der Waals surface area contributed by atoms with E-state index in [4.69, 9.17) is 15.7 Å². The third kappa shape index (κ3) is 1.81. The summed E-state index contributed by atoms with van der Waals surface area (Å²) in [5, 5.41) is 0.443. The number of fused-ring (bicyclic) bond motifs is 1. The van der Waals surface area contributed by atoms with E-state index in [2.05, 4.69) is 4.74 Å². The molecule has 0 saturated carbocycles. The van der Waals surface area contributed by atoms with Gasteiger partial charge in [0.25, 0.3) is 0 Å². The molecule has 1 aliphatic rings. The molecule has 5 heteroatoms. The van der Waals surface area contributed by atoms with E-state index in [1.807, 2.05) is 0 Å². The number of ether oxygens (including phenoxy) is 1. The van der Waals surface area contributed by atoms with Gasteiger partial charge >= 0.3 is 115 Å². The van der Waals surface area contributed by atoms with E-state index in [0.29, 0.717) is 16.1 Å². The maximum absolute atomic E-state index is 12.5. The van der Waals surface area contributed by atoms with E-state index in [-0.39, 0.29) is 6.42 Å². The van der Waals surface area contributed by atoms with Crippen LogP contribution >= 0.6 is 11.6 Å². The predicted molar refractivity (Wildman–Crippen MR) is 65.8 cm³/mol. The number of carbonyl (C=O) groups excluding carboxylic acids is 2. The van der Waals surface area contributed by atoms with Crippen molar-refractivity contribution in [1.82, 2.24) is 0 Å². The molecule has 1 aliphatic carbocycles. The number of carbonyl (C=O) groups is 2. The van der Waals surface area contributed by atoms with Crippen LogP contribution in [0.4, 0.5) is 0 Å². The summed E-state index contributed by atoms with van der Waals surface area (Å²) in [5.74, 6) is -3.61. The van der Waals surface area contributed by atoms with Crippen molar-refractivity contribution in [1.29, 1.82) is 0 Å². The number of Topliss-reactive ketones (excluding diaryl/α,β-unsaturated/α-hetero) is 1. The topological polar surface area (TPSA) is 43.4 Å². The normalized spacial score (nSPS) is 25.8. The molecule has 0 saturated heterocycles. The molecule has 1 unspecified atom stereocenters. The number of hydrogen-bond donors (Lipinski definition) is 0. The van der Waals surface area contributed by atoms with Gasteiger partial charge in [-0.25, -0.2) is 0 Å². The van der Waals surface area contributed by atoms with Crippen molar-refractivity contribution >= 4 is 38.3 Å². The number of methoxy groups -OCH3 is 1. The third-order valence-electron chi connectivity index (χ3n) is 2.81. The second-order valence-electron chi connectivity index (χ2n) is 3.73. The van der Waals surface area contributed by atoms with Gasteiger partial charge in [-0.15, -0.1) is 0 Å². The van der Waals surface area contributed by atoms with Crippen LogP contribution in [0.5, 0.6) is 0 Å². The van der Waals surface area contributed by atoms with E-state index < -0.39 is 36.8 Å². The summed E-state index contributed by atoms with van der Waals surface area (Å²) in [6, 6.07) is 4.67. The van der Waals surface area contributed by atoms with E-state index in [1.165, 1.54) is 6.07 Å². The van der Waals surface area contributed by atoms with Crippen LogP contribution in [0, 0.1) is 0 Å². The second kappa shape index (κ2) is 4.45. The van der Waals surface area contributed by atoms with Gasteiger partial charge in [0.2, 0.25) is 0 Å². The number of hydrogen-bond acceptors (Lipinski definition) is 3. The fraction of sp³-hybridized carbons (Fsp3) is 0.333. The quantitative estimate of drug-likeness (QED) is 0.476. The Hall–Kier alpha value is -0.831. The van der Waals surface area contributed by atoms with Crippen LogP contribution in [0.3, 0.4) is 0 Å². The zero-order valence-electron chi connectivity index (χ0n) is 12.0. The van der Waals surface area contributed by atoms with E-state index in [0.717, 1.165) is 7.11 Å². The number of halogens is 1. The zero-order chi connectivity index (χ0) is 15.1. The number of rotatable bonds is 2. The number of ketones is 1. The van der Waals surface area contributed by atoms with Crippen molar-refractivity contribution in [3.8, 4) is 0 Å². The SMILES string of the molecule is [2H]C([2H])([2H])[Se]C1(C(=O)OC)Cc2cc(Cl)ccc2C1=O. The van der Waals surface area contributed by atoms with Crippen LogP contribution in [-0.2, 0) is 16.0 Å². The van der Waals surface area contributed by atoms with Gasteiger partial charge in [0.15, 0.2) is 0 Å². The molecule has 0 N–H and O–H groups in total. The average molecular weight is 321 g/mol. The van der Waals surface area contributed by atoms with Gasteiger partial charge in [-0.05, 0) is 0 Å². The van der Waals surface area contributed by atoms with Crippen molar-refractivity contribution < 1.29 is 18.4 Å². The van der Waals surface area contributed by atoms with E-state index >= 15 is 0 Å². The van der Waals surface area contributed by atoms with E-state index in [9.17, 15) is 9.59 Å². The zero-order valence-corrected chi connectivity index (χ0v) is 11.4. The van der Waals surface area contributed by atoms with Gasteiger partial charge < -0.3 is 0 Å². The molecule has 17 heavy (non-hydrogen) atoms. The molecule has 0 fully saturated rings. The molecule has 0 radical (unpaired) electrons. The molecule has 0 bridgehead atoms. The Kier molecular flexibility index (Phi) is 2.39. The fourth-order valence-corrected chi connectivity index (χ4v) is 3.40. The number of esters is 1. The Morgan fingerprint density at radius 2 is 2.41 bits per heavy atom. The van der Waals surface area contributed by atoms with Gasteiger partial charge in [-0.1, -0.05) is 0 Å². The molecular weight excluding hydrogens is 307 g/mol. The maximum atomic E-state index is 12.5. The summed E-state index contributed by atoms with van der Waals surface area (Å²) in [7, 11) is 1.16. The molecule has 90 valence electrons. The Morgan fingerprint density at radius 1 is 1.65 bits per heavy atom. The number of benzene rings is 1. The average Bonchev–Trinajstić information content (AvgIpc) is 2.60. The molecular formula is C12H11ClO3Se. The van der Waals surface area contributed by atoms with Gasteiger partial charge in [-0.3, -0.25) is 0 Å². The van der Waals surface area contributed by atoms with Crippen LogP contribution in [0.25, 0.3) is 0 Å². The first-order valence-corrected chi connectivity index (χ1v) is 6.90. The Bertz CT molecular complexity index is 588. The molecule has 3 nitrogen and oxygen atoms in total. The Morgan fingerprint density at radius 3 is 3.06 bits per heavy atom. The predicted octanol–water partition coefficient (Wildman–Crippen LogP) is 2.16. The second-order valence-corrected chi connectivity index (χ2v) is 6.05. The first-order valence-electron chi connectivity index (χ1n) is 6.31. The van der Waals surface area contributed by atoms with Crippen LogP contribution in [0.2, 0.25) is 15.1 Å². The van der Waals surface area contributed by atoms with Gasteiger partial charge in [0.1, 0.15) is 0 Å². The van der Waals surface area contributed by atoms with Gasteiger partial charge in [0, 0.05) is 0 Å². The molecule has 0 heterocycles. The molecule has 2 rings (SSSR count). The van der Waals surface area contributed by atoms with Crippen LogP contribution in [0.15, 0.2) is 18.2 Å². The molecule has 0 aromatic heterocycles. The Labute approximate surface area is 115 Å². The van der Waals surface area contributed by atoms with Crippen LogP contribution in [-0.4, -0.2) is 33.8 Å². The van der Waals surface area contributed by atoms with Crippen molar-refractivity contribution in [2.75, 3.05) is 7.11 Å². The molecule has 0 spiro atoms. The van der Waals surface area contributed by atoms with Crippen LogP contribution < -0.4 is 0 Å². The van der Waals surface area contributed by atoms with Crippen molar-refractivity contribution in [3.63, 3.8) is 0 Å². The van der Waals surface area contributed by atoms with Crippen molar-refractivity contribution in [3.05, 3.63) is 34.3 Å². The first kappa shape index (κ1) is 9.15. The van der Waals surface area contributed by atoms with E-state index in [1.54, 1.807) is 12.1 Å². The molecule has 0 amide bonds.